The summed E-state index contributed by atoms with van der Waals surface area (Å²) in [7, 11) is 1.75. The number of hydrogen-bond donors (Lipinski definition) is 1. The third-order valence-electron chi connectivity index (χ3n) is 2.79. The minimum Gasteiger partial charge on any atom is -0.380 e. The summed E-state index contributed by atoms with van der Waals surface area (Å²) >= 11 is 0. The van der Waals surface area contributed by atoms with Gasteiger partial charge in [-0.05, 0) is 13.0 Å². The molecule has 0 aliphatic heterocycles. The summed E-state index contributed by atoms with van der Waals surface area (Å²) < 4.78 is 5.24. The lowest BCUT2D eigenvalue weighted by molar-refractivity contribution is 0.0706. The van der Waals surface area contributed by atoms with Crippen LogP contribution in [0.15, 0.2) is 24.3 Å². The third kappa shape index (κ3) is 2.51. The number of benzene rings is 1. The average Bonchev–Trinajstić information content (AvgIpc) is 2.82. The Morgan fingerprint density at radius 2 is 2.22 bits per heavy atom. The number of aromatic nitrogens is 2. The Morgan fingerprint density at radius 3 is 3.00 bits per heavy atom. The van der Waals surface area contributed by atoms with Crippen molar-refractivity contribution in [2.75, 3.05) is 26.8 Å². The van der Waals surface area contributed by atoms with Crippen LogP contribution in [0.25, 0.3) is 10.9 Å². The summed E-state index contributed by atoms with van der Waals surface area (Å²) in [5, 5.41) is 7.80. The van der Waals surface area contributed by atoms with E-state index in [1.807, 2.05) is 31.2 Å². The lowest BCUT2D eigenvalue weighted by atomic mass is 10.2. The van der Waals surface area contributed by atoms with Gasteiger partial charge in [-0.3, -0.25) is 9.89 Å². The minimum absolute atomic E-state index is 0.0906. The van der Waals surface area contributed by atoms with E-state index in [-0.39, 0.29) is 5.91 Å². The molecule has 0 bridgehead atoms. The van der Waals surface area contributed by atoms with Crippen molar-refractivity contribution in [2.24, 2.45) is 0 Å². The zero-order valence-corrected chi connectivity index (χ0v) is 10.6. The highest BCUT2D eigenvalue weighted by molar-refractivity contribution is 6.04. The normalized spacial score (nSPS) is 10.8. The molecule has 1 heterocycles. The van der Waals surface area contributed by atoms with E-state index in [1.54, 1.807) is 11.9 Å². The Hall–Kier alpha value is -1.88. The van der Waals surface area contributed by atoms with Crippen molar-refractivity contribution in [1.29, 1.82) is 0 Å². The highest BCUT2D eigenvalue weighted by atomic mass is 16.5. The monoisotopic (exact) mass is 247 g/mol. The fourth-order valence-corrected chi connectivity index (χ4v) is 1.75. The maximum absolute atomic E-state index is 12.2. The Bertz CT molecular complexity index is 536. The molecule has 1 aromatic heterocycles. The smallest absolute Gasteiger partial charge is 0.274 e. The standard InChI is InChI=1S/C13H17N3O2/c1-3-18-9-8-16(2)13(17)12-10-6-4-5-7-11(10)14-15-12/h4-7H,3,8-9H2,1-2H3,(H,14,15). The number of nitrogens with one attached hydrogen (secondary N) is 1. The Labute approximate surface area is 106 Å². The number of amides is 1. The number of fused-ring (bicyclic) bond motifs is 1. The molecule has 0 fully saturated rings. The van der Waals surface area contributed by atoms with Crippen molar-refractivity contribution in [3.8, 4) is 0 Å². The van der Waals surface area contributed by atoms with Gasteiger partial charge in [-0.2, -0.15) is 5.10 Å². The maximum atomic E-state index is 12.2. The summed E-state index contributed by atoms with van der Waals surface area (Å²) in [5.41, 5.74) is 1.34. The van der Waals surface area contributed by atoms with E-state index >= 15 is 0 Å². The van der Waals surface area contributed by atoms with E-state index in [0.717, 1.165) is 10.9 Å². The van der Waals surface area contributed by atoms with Crippen LogP contribution < -0.4 is 0 Å². The molecular weight excluding hydrogens is 230 g/mol. The van der Waals surface area contributed by atoms with Crippen molar-refractivity contribution in [3.63, 3.8) is 0 Å². The van der Waals surface area contributed by atoms with Crippen LogP contribution in [-0.2, 0) is 4.74 Å². The van der Waals surface area contributed by atoms with Gasteiger partial charge in [-0.15, -0.1) is 0 Å². The van der Waals surface area contributed by atoms with Crippen molar-refractivity contribution >= 4 is 16.8 Å². The molecule has 0 aliphatic carbocycles. The number of likely N-dealkylation sites (N-methyl/N-ethyl adjacent to an activating group) is 1. The number of hydrogen-bond acceptors (Lipinski definition) is 3. The average molecular weight is 247 g/mol. The summed E-state index contributed by atoms with van der Waals surface area (Å²) in [6, 6.07) is 7.60. The van der Waals surface area contributed by atoms with E-state index < -0.39 is 0 Å². The van der Waals surface area contributed by atoms with E-state index in [9.17, 15) is 4.79 Å². The molecule has 0 atom stereocenters. The van der Waals surface area contributed by atoms with Crippen molar-refractivity contribution in [1.82, 2.24) is 15.1 Å². The molecule has 0 aliphatic rings. The van der Waals surface area contributed by atoms with E-state index in [2.05, 4.69) is 10.2 Å². The van der Waals surface area contributed by atoms with Crippen molar-refractivity contribution in [2.45, 2.75) is 6.92 Å². The number of rotatable bonds is 5. The van der Waals surface area contributed by atoms with E-state index in [4.69, 9.17) is 4.74 Å². The number of ether oxygens (including phenoxy) is 1. The van der Waals surface area contributed by atoms with Crippen molar-refractivity contribution < 1.29 is 9.53 Å². The molecule has 5 nitrogen and oxygen atoms in total. The molecule has 1 N–H and O–H groups in total. The highest BCUT2D eigenvalue weighted by Gasteiger charge is 2.17. The number of para-hydroxylation sites is 1. The second-order valence-electron chi connectivity index (χ2n) is 4.04. The fourth-order valence-electron chi connectivity index (χ4n) is 1.75. The van der Waals surface area contributed by atoms with Crippen LogP contribution in [0.5, 0.6) is 0 Å². The molecule has 2 rings (SSSR count). The summed E-state index contributed by atoms with van der Waals surface area (Å²) in [4.78, 5) is 13.8. The Balaban J connectivity index is 2.13. The summed E-state index contributed by atoms with van der Waals surface area (Å²) in [6.45, 7) is 3.70. The minimum atomic E-state index is -0.0906. The maximum Gasteiger partial charge on any atom is 0.274 e. The van der Waals surface area contributed by atoms with Gasteiger partial charge in [0.2, 0.25) is 0 Å². The van der Waals surface area contributed by atoms with Gasteiger partial charge in [0.1, 0.15) is 0 Å². The number of carbonyl (C=O) groups excluding carboxylic acids is 1. The zero-order chi connectivity index (χ0) is 13.0. The van der Waals surface area contributed by atoms with Gasteiger partial charge >= 0.3 is 0 Å². The first-order valence-electron chi connectivity index (χ1n) is 6.00. The molecule has 0 unspecified atom stereocenters. The summed E-state index contributed by atoms with van der Waals surface area (Å²) in [5.74, 6) is -0.0906. The molecule has 0 saturated heterocycles. The van der Waals surface area contributed by atoms with Crippen LogP contribution in [0.4, 0.5) is 0 Å². The van der Waals surface area contributed by atoms with Gasteiger partial charge < -0.3 is 9.64 Å². The molecule has 5 heteroatoms. The number of H-pyrrole nitrogens is 1. The van der Waals surface area contributed by atoms with Crippen LogP contribution in [0, 0.1) is 0 Å². The molecule has 0 saturated carbocycles. The Morgan fingerprint density at radius 1 is 1.44 bits per heavy atom. The first kappa shape index (κ1) is 12.6. The van der Waals surface area contributed by atoms with Crippen molar-refractivity contribution in [3.05, 3.63) is 30.0 Å². The predicted molar refractivity (Wildman–Crippen MR) is 69.5 cm³/mol. The topological polar surface area (TPSA) is 58.2 Å². The van der Waals surface area contributed by atoms with Crippen LogP contribution in [-0.4, -0.2) is 47.8 Å². The lowest BCUT2D eigenvalue weighted by Crippen LogP contribution is -2.30. The van der Waals surface area contributed by atoms with Gasteiger partial charge in [0.15, 0.2) is 5.69 Å². The largest absolute Gasteiger partial charge is 0.380 e. The highest BCUT2D eigenvalue weighted by Crippen LogP contribution is 2.16. The van der Waals surface area contributed by atoms with Crippen LogP contribution >= 0.6 is 0 Å². The van der Waals surface area contributed by atoms with Gasteiger partial charge in [-0.1, -0.05) is 18.2 Å². The van der Waals surface area contributed by atoms with Gasteiger partial charge in [0, 0.05) is 25.6 Å². The molecule has 0 spiro atoms. The van der Waals surface area contributed by atoms with Gasteiger partial charge in [0.25, 0.3) is 5.91 Å². The van der Waals surface area contributed by atoms with E-state index in [1.165, 1.54) is 0 Å². The number of aromatic amines is 1. The molecule has 0 radical (unpaired) electrons. The molecule has 1 aromatic carbocycles. The van der Waals surface area contributed by atoms with Gasteiger partial charge in [-0.25, -0.2) is 0 Å². The molecule has 96 valence electrons. The quantitative estimate of drug-likeness (QED) is 0.818. The zero-order valence-electron chi connectivity index (χ0n) is 10.6. The predicted octanol–water partition coefficient (Wildman–Crippen LogP) is 1.67. The fraction of sp³-hybridized carbons (Fsp3) is 0.385. The van der Waals surface area contributed by atoms with Crippen LogP contribution in [0.1, 0.15) is 17.4 Å². The first-order chi connectivity index (χ1) is 8.74. The number of carbonyl (C=O) groups is 1. The Kier molecular flexibility index (Phi) is 3.94. The molecular formula is C13H17N3O2. The molecule has 1 amide bonds. The SMILES string of the molecule is CCOCCN(C)C(=O)c1n[nH]c2ccccc12. The molecule has 18 heavy (non-hydrogen) atoms. The molecule has 2 aromatic rings. The van der Waals surface area contributed by atoms with Crippen LogP contribution in [0.2, 0.25) is 0 Å². The third-order valence-corrected chi connectivity index (χ3v) is 2.79. The van der Waals surface area contributed by atoms with Gasteiger partial charge in [0.05, 0.1) is 12.1 Å². The number of nitrogens with zero attached hydrogens (tertiary/aromatic N) is 2. The van der Waals surface area contributed by atoms with Crippen LogP contribution in [0.3, 0.4) is 0 Å². The first-order valence-corrected chi connectivity index (χ1v) is 6.00. The second kappa shape index (κ2) is 5.64. The van der Waals surface area contributed by atoms with E-state index in [0.29, 0.717) is 25.5 Å². The second-order valence-corrected chi connectivity index (χ2v) is 4.04. The summed E-state index contributed by atoms with van der Waals surface area (Å²) in [6.07, 6.45) is 0. The lowest BCUT2D eigenvalue weighted by Gasteiger charge is -2.15.